The lowest BCUT2D eigenvalue weighted by Gasteiger charge is -2.32. The van der Waals surface area contributed by atoms with Crippen molar-refractivity contribution in [1.82, 2.24) is 14.8 Å². The van der Waals surface area contributed by atoms with Crippen molar-refractivity contribution >= 4 is 23.8 Å². The number of aromatic nitrogens is 1. The summed E-state index contributed by atoms with van der Waals surface area (Å²) in [6.07, 6.45) is 4.14. The second kappa shape index (κ2) is 8.59. The van der Waals surface area contributed by atoms with Gasteiger partial charge in [-0.05, 0) is 50.2 Å². The van der Waals surface area contributed by atoms with Crippen LogP contribution in [-0.2, 0) is 9.59 Å². The monoisotopic (exact) mass is 402 g/mol. The number of pyridine rings is 1. The smallest absolute Gasteiger partial charge is 0.334 e. The molecule has 1 aliphatic carbocycles. The molecule has 29 heavy (non-hydrogen) atoms. The number of hydrogen-bond donors (Lipinski definition) is 1. The summed E-state index contributed by atoms with van der Waals surface area (Å²) < 4.78 is 5.84. The summed E-state index contributed by atoms with van der Waals surface area (Å²) in [6, 6.07) is 2.30. The molecule has 2 aliphatic rings. The van der Waals surface area contributed by atoms with Gasteiger partial charge in [-0.25, -0.2) is 9.78 Å². The van der Waals surface area contributed by atoms with Gasteiger partial charge in [0.25, 0.3) is 5.91 Å². The van der Waals surface area contributed by atoms with Crippen molar-refractivity contribution in [2.45, 2.75) is 58.1 Å². The molecule has 1 aliphatic heterocycles. The topological polar surface area (TPSA) is 123 Å². The van der Waals surface area contributed by atoms with Crippen LogP contribution >= 0.6 is 0 Å². The Bertz CT molecular complexity index is 817. The van der Waals surface area contributed by atoms with Crippen LogP contribution in [0.5, 0.6) is 5.88 Å². The van der Waals surface area contributed by atoms with E-state index >= 15 is 0 Å². The zero-order valence-corrected chi connectivity index (χ0v) is 16.7. The van der Waals surface area contributed by atoms with Crippen LogP contribution in [0.4, 0.5) is 4.79 Å². The number of urea groups is 1. The summed E-state index contributed by atoms with van der Waals surface area (Å²) in [6.45, 7) is 4.25. The predicted molar refractivity (Wildman–Crippen MR) is 103 cm³/mol. The van der Waals surface area contributed by atoms with Gasteiger partial charge in [0, 0.05) is 18.8 Å². The number of carbonyl (C=O) groups is 4. The van der Waals surface area contributed by atoms with Crippen molar-refractivity contribution in [1.29, 1.82) is 0 Å². The Morgan fingerprint density at radius 2 is 1.90 bits per heavy atom. The van der Waals surface area contributed by atoms with Gasteiger partial charge in [-0.15, -0.1) is 0 Å². The Balaban J connectivity index is 1.61. The molecule has 1 aromatic rings. The predicted octanol–water partition coefficient (Wildman–Crippen LogP) is 1.71. The minimum atomic E-state index is -0.746. The second-order valence-electron chi connectivity index (χ2n) is 7.87. The third-order valence-corrected chi connectivity index (χ3v) is 5.34. The van der Waals surface area contributed by atoms with E-state index in [0.29, 0.717) is 38.0 Å². The molecule has 5 amide bonds. The van der Waals surface area contributed by atoms with Crippen LogP contribution in [0.3, 0.4) is 0 Å². The highest BCUT2D eigenvalue weighted by Crippen LogP contribution is 2.30. The van der Waals surface area contributed by atoms with Crippen LogP contribution in [0, 0.1) is 5.92 Å². The van der Waals surface area contributed by atoms with Gasteiger partial charge in [-0.1, -0.05) is 13.8 Å². The van der Waals surface area contributed by atoms with E-state index in [9.17, 15) is 19.2 Å². The molecule has 1 aromatic heterocycles. The normalized spacial score (nSPS) is 22.5. The van der Waals surface area contributed by atoms with Crippen molar-refractivity contribution in [2.24, 2.45) is 11.7 Å². The maximum absolute atomic E-state index is 12.6. The fraction of sp³-hybridized carbons (Fsp3) is 0.550. The molecular weight excluding hydrogens is 376 g/mol. The lowest BCUT2D eigenvalue weighted by molar-refractivity contribution is -0.144. The van der Waals surface area contributed by atoms with Crippen molar-refractivity contribution in [3.63, 3.8) is 0 Å². The minimum Gasteiger partial charge on any atom is -0.474 e. The highest BCUT2D eigenvalue weighted by Gasteiger charge is 2.48. The van der Waals surface area contributed by atoms with Gasteiger partial charge in [-0.2, -0.15) is 0 Å². The number of primary amides is 1. The largest absolute Gasteiger partial charge is 0.474 e. The van der Waals surface area contributed by atoms with Gasteiger partial charge in [0.1, 0.15) is 11.7 Å². The summed E-state index contributed by atoms with van der Waals surface area (Å²) in [7, 11) is 0. The van der Waals surface area contributed by atoms with Crippen molar-refractivity contribution < 1.29 is 23.9 Å². The molecule has 2 N–H and O–H groups in total. The summed E-state index contributed by atoms with van der Waals surface area (Å²) in [5.41, 5.74) is 5.56. The lowest BCUT2D eigenvalue weighted by atomic mass is 9.92. The summed E-state index contributed by atoms with van der Waals surface area (Å²) >= 11 is 0. The molecule has 1 saturated carbocycles. The molecule has 156 valence electrons. The number of hydrogen-bond acceptors (Lipinski definition) is 6. The van der Waals surface area contributed by atoms with Gasteiger partial charge < -0.3 is 10.5 Å². The average molecular weight is 402 g/mol. The average Bonchev–Trinajstić information content (AvgIpc) is 2.90. The molecule has 3 rings (SSSR count). The van der Waals surface area contributed by atoms with Crippen LogP contribution in [0.15, 0.2) is 18.3 Å². The molecule has 2 fully saturated rings. The van der Waals surface area contributed by atoms with Crippen molar-refractivity contribution in [3.8, 4) is 5.88 Å². The van der Waals surface area contributed by atoms with Gasteiger partial charge in [-0.3, -0.25) is 24.2 Å². The number of nitrogens with zero attached hydrogens (tertiary/aromatic N) is 3. The standard InChI is InChI=1S/C20H26N4O5/c1-12(2)9-11-23-18(26)19(27)24(20(23)28)13-5-7-14(8-6-13)29-17-15(16(21)25)4-3-10-22-17/h3-4,10,12-14H,5-9,11H2,1-2H3,(H2,21,25)/t13-,14-. The Labute approximate surface area is 169 Å². The number of nitrogens with two attached hydrogens (primary N) is 1. The molecule has 0 atom stereocenters. The van der Waals surface area contributed by atoms with Crippen molar-refractivity contribution in [3.05, 3.63) is 23.9 Å². The first-order valence-electron chi connectivity index (χ1n) is 9.90. The molecule has 2 heterocycles. The SMILES string of the molecule is CC(C)CCN1C(=O)C(=O)N([C@H]2CC[C@H](Oc3ncccc3C(N)=O)CC2)C1=O. The Hall–Kier alpha value is -2.97. The maximum Gasteiger partial charge on any atom is 0.334 e. The molecule has 9 heteroatoms. The number of imide groups is 2. The van der Waals surface area contributed by atoms with Crippen LogP contribution in [0.1, 0.15) is 56.3 Å². The Morgan fingerprint density at radius 3 is 2.52 bits per heavy atom. The van der Waals surface area contributed by atoms with Crippen LogP contribution in [0.2, 0.25) is 0 Å². The van der Waals surface area contributed by atoms with Gasteiger partial charge in [0.05, 0.1) is 0 Å². The summed E-state index contributed by atoms with van der Waals surface area (Å²) in [4.78, 5) is 55.0. The van der Waals surface area contributed by atoms with Crippen LogP contribution in [-0.4, -0.2) is 57.2 Å². The zero-order chi connectivity index (χ0) is 21.1. The third kappa shape index (κ3) is 4.38. The quantitative estimate of drug-likeness (QED) is 0.547. The first-order valence-corrected chi connectivity index (χ1v) is 9.90. The minimum absolute atomic E-state index is 0.187. The molecule has 0 radical (unpaired) electrons. The fourth-order valence-electron chi connectivity index (χ4n) is 3.68. The molecule has 0 bridgehead atoms. The second-order valence-corrected chi connectivity index (χ2v) is 7.87. The van der Waals surface area contributed by atoms with E-state index in [-0.39, 0.29) is 30.1 Å². The number of carbonyl (C=O) groups excluding carboxylic acids is 4. The van der Waals surface area contributed by atoms with E-state index in [0.717, 1.165) is 9.80 Å². The van der Waals surface area contributed by atoms with Crippen LogP contribution in [0.25, 0.3) is 0 Å². The van der Waals surface area contributed by atoms with Crippen molar-refractivity contribution in [2.75, 3.05) is 6.54 Å². The lowest BCUT2D eigenvalue weighted by Crippen LogP contribution is -2.44. The summed E-state index contributed by atoms with van der Waals surface area (Å²) in [5, 5.41) is 0. The molecule has 0 aromatic carbocycles. The first-order chi connectivity index (χ1) is 13.8. The fourth-order valence-corrected chi connectivity index (χ4v) is 3.68. The Kier molecular flexibility index (Phi) is 6.14. The first kappa shape index (κ1) is 20.8. The molecular formula is C20H26N4O5. The highest BCUT2D eigenvalue weighted by atomic mass is 16.5. The summed E-state index contributed by atoms with van der Waals surface area (Å²) in [5.74, 6) is -1.59. The van der Waals surface area contributed by atoms with E-state index in [1.54, 1.807) is 12.1 Å². The van der Waals surface area contributed by atoms with E-state index in [1.165, 1.54) is 6.20 Å². The Morgan fingerprint density at radius 1 is 1.21 bits per heavy atom. The van der Waals surface area contributed by atoms with E-state index in [1.807, 2.05) is 13.8 Å². The molecule has 9 nitrogen and oxygen atoms in total. The highest BCUT2D eigenvalue weighted by molar-refractivity contribution is 6.44. The van der Waals surface area contributed by atoms with E-state index < -0.39 is 23.8 Å². The van der Waals surface area contributed by atoms with E-state index in [4.69, 9.17) is 10.5 Å². The van der Waals surface area contributed by atoms with Gasteiger partial charge in [0.15, 0.2) is 0 Å². The van der Waals surface area contributed by atoms with Gasteiger partial charge >= 0.3 is 17.8 Å². The van der Waals surface area contributed by atoms with E-state index in [2.05, 4.69) is 4.98 Å². The third-order valence-electron chi connectivity index (χ3n) is 5.34. The molecule has 0 spiro atoms. The number of amides is 5. The maximum atomic E-state index is 12.6. The number of rotatable bonds is 7. The van der Waals surface area contributed by atoms with Gasteiger partial charge in [0.2, 0.25) is 5.88 Å². The number of ether oxygens (including phenoxy) is 1. The zero-order valence-electron chi connectivity index (χ0n) is 16.7. The molecule has 1 saturated heterocycles. The van der Waals surface area contributed by atoms with Crippen LogP contribution < -0.4 is 10.5 Å². The molecule has 0 unspecified atom stereocenters.